The number of halogens is 3. The summed E-state index contributed by atoms with van der Waals surface area (Å²) in [5.41, 5.74) is -0.452. The van der Waals surface area contributed by atoms with Gasteiger partial charge in [-0.3, -0.25) is 14.8 Å². The van der Waals surface area contributed by atoms with Gasteiger partial charge in [0.2, 0.25) is 0 Å². The summed E-state index contributed by atoms with van der Waals surface area (Å²) in [6.07, 6.45) is 0.538. The SMILES string of the molecule is Cn1cc(CC2CCN(c3ccc([N+](=O)[O-])cc3C(F)(F)F)C2)cn1. The van der Waals surface area contributed by atoms with Gasteiger partial charge in [0.25, 0.3) is 5.69 Å². The summed E-state index contributed by atoms with van der Waals surface area (Å²) in [4.78, 5) is 11.6. The lowest BCUT2D eigenvalue weighted by Crippen LogP contribution is -2.24. The Kier molecular flexibility index (Phi) is 4.40. The maximum Gasteiger partial charge on any atom is 0.418 e. The second-order valence-electron chi connectivity index (χ2n) is 6.28. The van der Waals surface area contributed by atoms with Gasteiger partial charge in [-0.25, -0.2) is 0 Å². The van der Waals surface area contributed by atoms with Crippen LogP contribution >= 0.6 is 0 Å². The molecule has 1 aliphatic heterocycles. The van der Waals surface area contributed by atoms with E-state index in [1.807, 2.05) is 13.2 Å². The van der Waals surface area contributed by atoms with Crippen LogP contribution in [0, 0.1) is 16.0 Å². The van der Waals surface area contributed by atoms with Crippen LogP contribution in [0.4, 0.5) is 24.5 Å². The lowest BCUT2D eigenvalue weighted by Gasteiger charge is -2.23. The maximum absolute atomic E-state index is 13.3. The summed E-state index contributed by atoms with van der Waals surface area (Å²) in [5.74, 6) is 0.223. The van der Waals surface area contributed by atoms with Gasteiger partial charge >= 0.3 is 6.18 Å². The zero-order valence-electron chi connectivity index (χ0n) is 13.5. The van der Waals surface area contributed by atoms with Crippen molar-refractivity contribution in [1.29, 1.82) is 0 Å². The third-order valence-electron chi connectivity index (χ3n) is 4.41. The quantitative estimate of drug-likeness (QED) is 0.623. The van der Waals surface area contributed by atoms with Crippen molar-refractivity contribution in [1.82, 2.24) is 9.78 Å². The van der Waals surface area contributed by atoms with Crippen molar-refractivity contribution in [3.05, 3.63) is 51.8 Å². The fourth-order valence-electron chi connectivity index (χ4n) is 3.27. The number of aryl methyl sites for hydroxylation is 1. The number of hydrogen-bond acceptors (Lipinski definition) is 4. The van der Waals surface area contributed by atoms with Crippen molar-refractivity contribution in [2.75, 3.05) is 18.0 Å². The van der Waals surface area contributed by atoms with E-state index < -0.39 is 22.4 Å². The Morgan fingerprint density at radius 1 is 1.40 bits per heavy atom. The molecule has 0 saturated carbocycles. The van der Waals surface area contributed by atoms with Gasteiger partial charge in [0.1, 0.15) is 0 Å². The van der Waals surface area contributed by atoms with Gasteiger partial charge in [0.15, 0.2) is 0 Å². The van der Waals surface area contributed by atoms with Gasteiger partial charge in [-0.15, -0.1) is 0 Å². The molecule has 0 aliphatic carbocycles. The standard InChI is InChI=1S/C16H17F3N4O2/c1-21-9-12(8-20-21)6-11-4-5-22(10-11)15-3-2-13(23(24)25)7-14(15)16(17,18)19/h2-3,7-9,11H,4-6,10H2,1H3. The number of nitrogens with zero attached hydrogens (tertiary/aromatic N) is 4. The zero-order chi connectivity index (χ0) is 18.2. The lowest BCUT2D eigenvalue weighted by atomic mass is 10.0. The Morgan fingerprint density at radius 3 is 2.76 bits per heavy atom. The molecule has 1 aromatic carbocycles. The molecular formula is C16H17F3N4O2. The first-order valence-electron chi connectivity index (χ1n) is 7.82. The van der Waals surface area contributed by atoms with Crippen molar-refractivity contribution in [2.24, 2.45) is 13.0 Å². The number of nitro benzene ring substituents is 1. The Balaban J connectivity index is 1.81. The van der Waals surface area contributed by atoms with E-state index in [1.165, 1.54) is 6.07 Å². The van der Waals surface area contributed by atoms with Crippen molar-refractivity contribution in [2.45, 2.75) is 19.0 Å². The van der Waals surface area contributed by atoms with Crippen LogP contribution in [0.1, 0.15) is 17.5 Å². The third-order valence-corrected chi connectivity index (χ3v) is 4.41. The molecule has 0 spiro atoms. The minimum absolute atomic E-state index is 0.00628. The summed E-state index contributed by atoms with van der Waals surface area (Å²) in [7, 11) is 1.82. The third kappa shape index (κ3) is 3.75. The van der Waals surface area contributed by atoms with Gasteiger partial charge in [-0.2, -0.15) is 18.3 Å². The lowest BCUT2D eigenvalue weighted by molar-refractivity contribution is -0.385. The molecule has 1 atom stereocenters. The molecule has 1 aromatic heterocycles. The molecule has 1 aliphatic rings. The number of hydrogen-bond donors (Lipinski definition) is 0. The maximum atomic E-state index is 13.3. The molecule has 3 rings (SSSR count). The average molecular weight is 354 g/mol. The average Bonchev–Trinajstić information content (AvgIpc) is 3.15. The number of alkyl halides is 3. The molecule has 25 heavy (non-hydrogen) atoms. The molecule has 2 heterocycles. The summed E-state index contributed by atoms with van der Waals surface area (Å²) in [6.45, 7) is 0.974. The fourth-order valence-corrected chi connectivity index (χ4v) is 3.27. The second-order valence-corrected chi connectivity index (χ2v) is 6.28. The van der Waals surface area contributed by atoms with Gasteiger partial charge in [-0.1, -0.05) is 0 Å². The van der Waals surface area contributed by atoms with Crippen LogP contribution in [0.2, 0.25) is 0 Å². The van der Waals surface area contributed by atoms with Crippen LogP contribution in [-0.2, 0) is 19.6 Å². The number of nitro groups is 1. The minimum atomic E-state index is -4.64. The molecule has 1 fully saturated rings. The van der Waals surface area contributed by atoms with Crippen LogP contribution in [-0.4, -0.2) is 27.8 Å². The van der Waals surface area contributed by atoms with Gasteiger partial charge in [0.05, 0.1) is 16.7 Å². The highest BCUT2D eigenvalue weighted by Crippen LogP contribution is 2.40. The topological polar surface area (TPSA) is 64.2 Å². The summed E-state index contributed by atoms with van der Waals surface area (Å²) in [5, 5.41) is 14.9. The Labute approximate surface area is 142 Å². The van der Waals surface area contributed by atoms with Crippen LogP contribution in [0.5, 0.6) is 0 Å². The molecule has 0 bridgehead atoms. The van der Waals surface area contributed by atoms with E-state index in [2.05, 4.69) is 5.10 Å². The van der Waals surface area contributed by atoms with Crippen molar-refractivity contribution >= 4 is 11.4 Å². The normalized spacial score (nSPS) is 17.9. The fraction of sp³-hybridized carbons (Fsp3) is 0.438. The predicted octanol–water partition coefficient (Wildman–Crippen LogP) is 3.42. The van der Waals surface area contributed by atoms with E-state index in [0.717, 1.165) is 24.5 Å². The molecule has 0 N–H and O–H groups in total. The Hall–Kier alpha value is -2.58. The molecular weight excluding hydrogens is 337 g/mol. The van der Waals surface area contributed by atoms with Crippen LogP contribution in [0.3, 0.4) is 0 Å². The van der Waals surface area contributed by atoms with Crippen molar-refractivity contribution in [3.63, 3.8) is 0 Å². The van der Waals surface area contributed by atoms with Crippen molar-refractivity contribution in [3.8, 4) is 0 Å². The van der Waals surface area contributed by atoms with Crippen LogP contribution < -0.4 is 4.90 Å². The zero-order valence-corrected chi connectivity index (χ0v) is 13.5. The van der Waals surface area contributed by atoms with Gasteiger partial charge in [-0.05, 0) is 30.4 Å². The number of rotatable bonds is 4. The largest absolute Gasteiger partial charge is 0.418 e. The van der Waals surface area contributed by atoms with E-state index in [4.69, 9.17) is 0 Å². The number of anilines is 1. The van der Waals surface area contributed by atoms with E-state index in [-0.39, 0.29) is 11.6 Å². The molecule has 134 valence electrons. The molecule has 0 radical (unpaired) electrons. The van der Waals surface area contributed by atoms with Gasteiger partial charge in [0, 0.05) is 44.2 Å². The van der Waals surface area contributed by atoms with E-state index in [1.54, 1.807) is 15.8 Å². The van der Waals surface area contributed by atoms with E-state index >= 15 is 0 Å². The summed E-state index contributed by atoms with van der Waals surface area (Å²) in [6, 6.07) is 2.94. The molecule has 6 nitrogen and oxygen atoms in total. The number of non-ortho nitro benzene ring substituents is 1. The predicted molar refractivity (Wildman–Crippen MR) is 85.3 cm³/mol. The summed E-state index contributed by atoms with van der Waals surface area (Å²) >= 11 is 0. The highest BCUT2D eigenvalue weighted by molar-refractivity contribution is 5.59. The molecule has 9 heteroatoms. The molecule has 2 aromatic rings. The molecule has 1 unspecified atom stereocenters. The van der Waals surface area contributed by atoms with Crippen LogP contribution in [0.15, 0.2) is 30.6 Å². The monoisotopic (exact) mass is 354 g/mol. The van der Waals surface area contributed by atoms with Crippen LogP contribution in [0.25, 0.3) is 0 Å². The smallest absolute Gasteiger partial charge is 0.371 e. The van der Waals surface area contributed by atoms with E-state index in [0.29, 0.717) is 19.2 Å². The molecule has 0 amide bonds. The highest BCUT2D eigenvalue weighted by atomic mass is 19.4. The Bertz CT molecular complexity index is 788. The molecule has 1 saturated heterocycles. The number of aromatic nitrogens is 2. The highest BCUT2D eigenvalue weighted by Gasteiger charge is 2.38. The van der Waals surface area contributed by atoms with E-state index in [9.17, 15) is 23.3 Å². The van der Waals surface area contributed by atoms with Gasteiger partial charge < -0.3 is 4.90 Å². The summed E-state index contributed by atoms with van der Waals surface area (Å²) < 4.78 is 41.7. The Morgan fingerprint density at radius 2 is 2.16 bits per heavy atom. The first kappa shape index (κ1) is 17.2. The second kappa shape index (κ2) is 6.38. The minimum Gasteiger partial charge on any atom is -0.371 e. The first-order valence-corrected chi connectivity index (χ1v) is 7.82. The first-order chi connectivity index (χ1) is 11.7. The number of benzene rings is 1. The van der Waals surface area contributed by atoms with Crippen molar-refractivity contribution < 1.29 is 18.1 Å².